The summed E-state index contributed by atoms with van der Waals surface area (Å²) in [6.07, 6.45) is 2.81. The maximum atomic E-state index is 8.36. The fraction of sp³-hybridized carbons (Fsp3) is 0.500. The monoisotopic (exact) mass is 222 g/mol. The quantitative estimate of drug-likeness (QED) is 0.731. The van der Waals surface area contributed by atoms with Crippen LogP contribution >= 0.6 is 0 Å². The van der Waals surface area contributed by atoms with E-state index in [1.165, 1.54) is 24.0 Å². The molecule has 0 saturated heterocycles. The third-order valence-electron chi connectivity index (χ3n) is 2.66. The highest BCUT2D eigenvalue weighted by molar-refractivity contribution is 5.37. The number of benzene rings is 1. The van der Waals surface area contributed by atoms with E-state index in [1.54, 1.807) is 5.56 Å². The molecule has 0 unspecified atom stereocenters. The molecule has 2 nitrogen and oxygen atoms in total. The molecule has 2 rings (SSSR count). The van der Waals surface area contributed by atoms with Gasteiger partial charge in [0.1, 0.15) is 0 Å². The van der Waals surface area contributed by atoms with E-state index in [1.807, 2.05) is 13.8 Å². The Morgan fingerprint density at radius 3 is 2.19 bits per heavy atom. The molecule has 90 valence electrons. The van der Waals surface area contributed by atoms with Crippen molar-refractivity contribution in [2.75, 3.05) is 0 Å². The zero-order valence-electron chi connectivity index (χ0n) is 10.7. The van der Waals surface area contributed by atoms with Crippen LogP contribution in [0.2, 0.25) is 0 Å². The average Bonchev–Trinajstić information content (AvgIpc) is 3.10. The van der Waals surface area contributed by atoms with E-state index >= 15 is 0 Å². The van der Waals surface area contributed by atoms with Crippen LogP contribution in [0.3, 0.4) is 0 Å². The van der Waals surface area contributed by atoms with E-state index in [-0.39, 0.29) is 6.47 Å². The summed E-state index contributed by atoms with van der Waals surface area (Å²) in [5.74, 6) is 0.898. The highest BCUT2D eigenvalue weighted by atomic mass is 16.3. The number of hydrogen-bond donors (Lipinski definition) is 1. The van der Waals surface area contributed by atoms with E-state index < -0.39 is 0 Å². The summed E-state index contributed by atoms with van der Waals surface area (Å²) < 4.78 is 0. The normalized spacial score (nSPS) is 12.8. The number of hydrogen-bond acceptors (Lipinski definition) is 1. The van der Waals surface area contributed by atoms with Crippen molar-refractivity contribution in [1.82, 2.24) is 0 Å². The molecule has 0 bridgehead atoms. The van der Waals surface area contributed by atoms with Crippen molar-refractivity contribution >= 4 is 6.47 Å². The molecular weight excluding hydrogens is 200 g/mol. The molecule has 1 aromatic carbocycles. The van der Waals surface area contributed by atoms with Gasteiger partial charge in [-0.15, -0.1) is 0 Å². The fourth-order valence-corrected chi connectivity index (χ4v) is 1.61. The van der Waals surface area contributed by atoms with Crippen molar-refractivity contribution < 1.29 is 9.90 Å². The van der Waals surface area contributed by atoms with Gasteiger partial charge in [0.15, 0.2) is 0 Å². The summed E-state index contributed by atoms with van der Waals surface area (Å²) in [5.41, 5.74) is 4.54. The van der Waals surface area contributed by atoms with E-state index in [0.29, 0.717) is 0 Å². The van der Waals surface area contributed by atoms with Crippen LogP contribution in [0.4, 0.5) is 0 Å². The number of aryl methyl sites for hydroxylation is 1. The first kappa shape index (κ1) is 14.7. The third kappa shape index (κ3) is 4.47. The molecular formula is C14H22O2. The molecule has 1 aliphatic rings. The van der Waals surface area contributed by atoms with Gasteiger partial charge in [-0.25, -0.2) is 0 Å². The molecule has 0 radical (unpaired) electrons. The Morgan fingerprint density at radius 1 is 1.25 bits per heavy atom. The Bertz CT molecular complexity index is 315. The van der Waals surface area contributed by atoms with Gasteiger partial charge in [0, 0.05) is 0 Å². The van der Waals surface area contributed by atoms with Gasteiger partial charge in [0.2, 0.25) is 0 Å². The van der Waals surface area contributed by atoms with Gasteiger partial charge in [0.25, 0.3) is 6.47 Å². The Labute approximate surface area is 98.3 Å². The second-order valence-electron chi connectivity index (χ2n) is 3.67. The highest BCUT2D eigenvalue weighted by Crippen LogP contribution is 2.41. The summed E-state index contributed by atoms with van der Waals surface area (Å²) in [5, 5.41) is 6.89. The third-order valence-corrected chi connectivity index (χ3v) is 2.66. The predicted octanol–water partition coefficient (Wildman–Crippen LogP) is 3.91. The maximum Gasteiger partial charge on any atom is 0.290 e. The van der Waals surface area contributed by atoms with Gasteiger partial charge in [-0.2, -0.15) is 0 Å². The first-order valence-electron chi connectivity index (χ1n) is 5.84. The topological polar surface area (TPSA) is 37.3 Å². The minimum absolute atomic E-state index is 0.250. The van der Waals surface area contributed by atoms with Gasteiger partial charge in [-0.05, 0) is 49.3 Å². The molecule has 1 aliphatic carbocycles. The van der Waals surface area contributed by atoms with Crippen LogP contribution in [0.1, 0.15) is 49.3 Å². The summed E-state index contributed by atoms with van der Waals surface area (Å²) in [6.45, 7) is 8.18. The molecule has 0 atom stereocenters. The molecule has 0 aromatic heterocycles. The van der Waals surface area contributed by atoms with Crippen LogP contribution in [0.5, 0.6) is 0 Å². The van der Waals surface area contributed by atoms with Gasteiger partial charge < -0.3 is 5.11 Å². The van der Waals surface area contributed by atoms with Crippen LogP contribution < -0.4 is 0 Å². The van der Waals surface area contributed by atoms with Crippen LogP contribution in [0, 0.1) is 13.8 Å². The molecule has 1 N–H and O–H groups in total. The Kier molecular flexibility index (Phi) is 7.27. The lowest BCUT2D eigenvalue weighted by Gasteiger charge is -2.05. The van der Waals surface area contributed by atoms with E-state index in [0.717, 1.165) is 5.92 Å². The minimum Gasteiger partial charge on any atom is -0.483 e. The molecule has 1 fully saturated rings. The van der Waals surface area contributed by atoms with Gasteiger partial charge in [-0.1, -0.05) is 32.0 Å². The Hall–Kier alpha value is -1.31. The van der Waals surface area contributed by atoms with E-state index in [4.69, 9.17) is 9.90 Å². The van der Waals surface area contributed by atoms with Crippen LogP contribution in [0.25, 0.3) is 0 Å². The zero-order valence-corrected chi connectivity index (χ0v) is 10.7. The van der Waals surface area contributed by atoms with Gasteiger partial charge in [0.05, 0.1) is 0 Å². The molecule has 16 heavy (non-hydrogen) atoms. The molecule has 0 spiro atoms. The lowest BCUT2D eigenvalue weighted by atomic mass is 10.0. The van der Waals surface area contributed by atoms with Gasteiger partial charge in [-0.3, -0.25) is 4.79 Å². The largest absolute Gasteiger partial charge is 0.483 e. The molecule has 1 aromatic rings. The van der Waals surface area contributed by atoms with E-state index in [9.17, 15) is 0 Å². The summed E-state index contributed by atoms with van der Waals surface area (Å²) in [6, 6.07) is 6.65. The molecule has 0 aliphatic heterocycles. The highest BCUT2D eigenvalue weighted by Gasteiger charge is 2.24. The standard InChI is InChI=1S/C11H14.C2H6.CH2O2/c1-8-4-3-5-11(9(8)2)10-6-7-10;1-2;2-1-3/h3-5,10H,6-7H2,1-2H3;1-2H3;1H,(H,2,3). The molecule has 0 heterocycles. The molecule has 1 saturated carbocycles. The van der Waals surface area contributed by atoms with Crippen molar-refractivity contribution in [1.29, 1.82) is 0 Å². The summed E-state index contributed by atoms with van der Waals surface area (Å²) >= 11 is 0. The van der Waals surface area contributed by atoms with Crippen molar-refractivity contribution in [2.24, 2.45) is 0 Å². The first-order valence-corrected chi connectivity index (χ1v) is 5.84. The molecule has 0 amide bonds. The first-order chi connectivity index (χ1) is 7.70. The van der Waals surface area contributed by atoms with Crippen LogP contribution in [-0.2, 0) is 4.79 Å². The van der Waals surface area contributed by atoms with Crippen LogP contribution in [0.15, 0.2) is 18.2 Å². The van der Waals surface area contributed by atoms with Crippen LogP contribution in [-0.4, -0.2) is 11.6 Å². The van der Waals surface area contributed by atoms with Crippen molar-refractivity contribution in [3.8, 4) is 0 Å². The van der Waals surface area contributed by atoms with Crippen molar-refractivity contribution in [3.63, 3.8) is 0 Å². The van der Waals surface area contributed by atoms with Crippen molar-refractivity contribution in [3.05, 3.63) is 34.9 Å². The average molecular weight is 222 g/mol. The number of carbonyl (C=O) groups is 1. The summed E-state index contributed by atoms with van der Waals surface area (Å²) in [4.78, 5) is 8.36. The zero-order chi connectivity index (χ0) is 12.6. The molecule has 2 heteroatoms. The number of rotatable bonds is 1. The smallest absolute Gasteiger partial charge is 0.290 e. The van der Waals surface area contributed by atoms with Crippen molar-refractivity contribution in [2.45, 2.75) is 46.5 Å². The Morgan fingerprint density at radius 2 is 1.75 bits per heavy atom. The predicted molar refractivity (Wildman–Crippen MR) is 67.9 cm³/mol. The maximum absolute atomic E-state index is 8.36. The second-order valence-corrected chi connectivity index (χ2v) is 3.67. The Balaban J connectivity index is 0.000000394. The lowest BCUT2D eigenvalue weighted by Crippen LogP contribution is -1.88. The second kappa shape index (κ2) is 7.91. The van der Waals surface area contributed by atoms with E-state index in [2.05, 4.69) is 32.0 Å². The minimum atomic E-state index is -0.250. The lowest BCUT2D eigenvalue weighted by molar-refractivity contribution is -0.122. The summed E-state index contributed by atoms with van der Waals surface area (Å²) in [7, 11) is 0. The fourth-order valence-electron chi connectivity index (χ4n) is 1.61. The van der Waals surface area contributed by atoms with Gasteiger partial charge >= 0.3 is 0 Å². The number of carboxylic acid groups (broad SMARTS) is 1. The SMILES string of the molecule is CC.Cc1cccc(C2CC2)c1C.O=CO.